The summed E-state index contributed by atoms with van der Waals surface area (Å²) in [5.74, 6) is 0.698. The fourth-order valence-corrected chi connectivity index (χ4v) is 3.89. The lowest BCUT2D eigenvalue weighted by Crippen LogP contribution is -2.40. The van der Waals surface area contributed by atoms with Crippen LogP contribution < -0.4 is 10.1 Å². The molecule has 0 saturated heterocycles. The molecule has 0 bridgehead atoms. The number of carbonyl (C=O) groups excluding carboxylic acids is 1. The molecular formula is C22H28N6O2. The first-order valence-corrected chi connectivity index (χ1v) is 10.5. The molecule has 3 aromatic rings. The van der Waals surface area contributed by atoms with E-state index >= 15 is 0 Å². The number of aryl methyl sites for hydroxylation is 1. The van der Waals surface area contributed by atoms with Crippen LogP contribution in [0.5, 0.6) is 5.75 Å². The van der Waals surface area contributed by atoms with Crippen molar-refractivity contribution in [2.75, 3.05) is 7.11 Å². The van der Waals surface area contributed by atoms with Crippen molar-refractivity contribution in [2.45, 2.75) is 58.0 Å². The maximum Gasteiger partial charge on any atom is 0.244 e. The lowest BCUT2D eigenvalue weighted by molar-refractivity contribution is -0.125. The van der Waals surface area contributed by atoms with Crippen molar-refractivity contribution in [1.82, 2.24) is 29.9 Å². The molecule has 1 aliphatic carbocycles. The van der Waals surface area contributed by atoms with E-state index in [-0.39, 0.29) is 11.9 Å². The highest BCUT2D eigenvalue weighted by Crippen LogP contribution is 2.29. The Morgan fingerprint density at radius 1 is 1.23 bits per heavy atom. The number of nitrogens with zero attached hydrogens (tertiary/aromatic N) is 5. The molecule has 8 nitrogen and oxygen atoms in total. The van der Waals surface area contributed by atoms with Crippen LogP contribution in [0.4, 0.5) is 0 Å². The summed E-state index contributed by atoms with van der Waals surface area (Å²) in [6.45, 7) is 3.79. The molecule has 0 aliphatic heterocycles. The molecule has 1 amide bonds. The van der Waals surface area contributed by atoms with Gasteiger partial charge in [-0.2, -0.15) is 0 Å². The second-order valence-electron chi connectivity index (χ2n) is 7.91. The Hall–Kier alpha value is -3.16. The highest BCUT2D eigenvalue weighted by atomic mass is 16.5. The van der Waals surface area contributed by atoms with Crippen molar-refractivity contribution in [3.63, 3.8) is 0 Å². The zero-order valence-electron chi connectivity index (χ0n) is 17.7. The van der Waals surface area contributed by atoms with Gasteiger partial charge in [-0.15, -0.1) is 5.10 Å². The third-order valence-electron chi connectivity index (χ3n) is 5.70. The molecule has 1 saturated carbocycles. The van der Waals surface area contributed by atoms with E-state index in [9.17, 15) is 4.79 Å². The van der Waals surface area contributed by atoms with Gasteiger partial charge in [0.25, 0.3) is 0 Å². The van der Waals surface area contributed by atoms with Crippen molar-refractivity contribution in [1.29, 1.82) is 0 Å². The summed E-state index contributed by atoms with van der Waals surface area (Å²) in [6.07, 6.45) is 11.3. The Balaban J connectivity index is 1.51. The Bertz CT molecular complexity index is 1020. The van der Waals surface area contributed by atoms with Crippen LogP contribution in [0.1, 0.15) is 50.8 Å². The largest absolute Gasteiger partial charge is 0.495 e. The number of rotatable bonds is 6. The summed E-state index contributed by atoms with van der Waals surface area (Å²) in [5, 5.41) is 11.6. The monoisotopic (exact) mass is 408 g/mol. The zero-order valence-corrected chi connectivity index (χ0v) is 17.7. The minimum absolute atomic E-state index is 0.0123. The van der Waals surface area contributed by atoms with Crippen molar-refractivity contribution >= 4 is 5.91 Å². The molecule has 1 unspecified atom stereocenters. The Labute approximate surface area is 176 Å². The summed E-state index contributed by atoms with van der Waals surface area (Å²) in [5.41, 5.74) is 3.40. The van der Waals surface area contributed by atoms with Gasteiger partial charge in [0.05, 0.1) is 31.0 Å². The molecule has 1 fully saturated rings. The van der Waals surface area contributed by atoms with E-state index in [0.717, 1.165) is 29.8 Å². The summed E-state index contributed by atoms with van der Waals surface area (Å²) in [7, 11) is 1.64. The topological polar surface area (TPSA) is 86.9 Å². The number of hydrogen-bond acceptors (Lipinski definition) is 5. The number of benzene rings is 1. The van der Waals surface area contributed by atoms with Gasteiger partial charge in [-0.25, -0.2) is 9.67 Å². The summed E-state index contributed by atoms with van der Waals surface area (Å²) in [6, 6.07) is 5.72. The van der Waals surface area contributed by atoms with Gasteiger partial charge in [0.1, 0.15) is 17.5 Å². The van der Waals surface area contributed by atoms with Crippen LogP contribution in [0.25, 0.3) is 16.9 Å². The molecular weight excluding hydrogens is 380 g/mol. The van der Waals surface area contributed by atoms with Crippen LogP contribution in [0.3, 0.4) is 0 Å². The maximum atomic E-state index is 12.6. The van der Waals surface area contributed by atoms with E-state index in [2.05, 4.69) is 20.6 Å². The number of amides is 1. The van der Waals surface area contributed by atoms with Gasteiger partial charge in [0.15, 0.2) is 0 Å². The van der Waals surface area contributed by atoms with Crippen molar-refractivity contribution in [3.05, 3.63) is 42.6 Å². The maximum absolute atomic E-state index is 12.6. The first kappa shape index (κ1) is 20.1. The summed E-state index contributed by atoms with van der Waals surface area (Å²) < 4.78 is 9.12. The van der Waals surface area contributed by atoms with Gasteiger partial charge in [-0.1, -0.05) is 30.5 Å². The molecule has 0 spiro atoms. The SMILES string of the molecule is COc1cc(-c2cn(C(C)C(=O)NC3CCCCC3)nn2)ccc1-n1cnc(C)c1. The molecule has 4 rings (SSSR count). The average molecular weight is 409 g/mol. The van der Waals surface area contributed by atoms with E-state index in [1.54, 1.807) is 24.3 Å². The second kappa shape index (κ2) is 8.69. The van der Waals surface area contributed by atoms with Crippen molar-refractivity contribution in [2.24, 2.45) is 0 Å². The normalized spacial score (nSPS) is 15.7. The second-order valence-corrected chi connectivity index (χ2v) is 7.91. The molecule has 30 heavy (non-hydrogen) atoms. The fourth-order valence-electron chi connectivity index (χ4n) is 3.89. The van der Waals surface area contributed by atoms with Crippen LogP contribution in [-0.2, 0) is 4.79 Å². The Morgan fingerprint density at radius 2 is 2.03 bits per heavy atom. The van der Waals surface area contributed by atoms with E-state index in [4.69, 9.17) is 4.74 Å². The van der Waals surface area contributed by atoms with Gasteiger partial charge < -0.3 is 14.6 Å². The molecule has 1 atom stereocenters. The van der Waals surface area contributed by atoms with Gasteiger partial charge in [0.2, 0.25) is 5.91 Å². The van der Waals surface area contributed by atoms with Gasteiger partial charge in [-0.3, -0.25) is 4.79 Å². The van der Waals surface area contributed by atoms with Crippen LogP contribution in [0.2, 0.25) is 0 Å². The smallest absolute Gasteiger partial charge is 0.244 e. The van der Waals surface area contributed by atoms with Crippen LogP contribution in [0, 0.1) is 6.92 Å². The minimum atomic E-state index is -0.414. The Kier molecular flexibility index (Phi) is 5.83. The van der Waals surface area contributed by atoms with Crippen molar-refractivity contribution < 1.29 is 9.53 Å². The van der Waals surface area contributed by atoms with E-state index in [1.807, 2.05) is 42.8 Å². The number of methoxy groups -OCH3 is 1. The predicted molar refractivity (Wildman–Crippen MR) is 114 cm³/mol. The average Bonchev–Trinajstić information content (AvgIpc) is 3.43. The first-order chi connectivity index (χ1) is 14.5. The number of ether oxygens (including phenoxy) is 1. The van der Waals surface area contributed by atoms with Crippen LogP contribution in [0.15, 0.2) is 36.9 Å². The Morgan fingerprint density at radius 3 is 2.73 bits per heavy atom. The van der Waals surface area contributed by atoms with Gasteiger partial charge in [-0.05, 0) is 38.8 Å². The van der Waals surface area contributed by atoms with Crippen LogP contribution >= 0.6 is 0 Å². The lowest BCUT2D eigenvalue weighted by Gasteiger charge is -2.24. The molecule has 2 aromatic heterocycles. The number of nitrogens with one attached hydrogen (secondary N) is 1. The first-order valence-electron chi connectivity index (χ1n) is 10.5. The highest BCUT2D eigenvalue weighted by molar-refractivity contribution is 5.80. The van der Waals surface area contributed by atoms with E-state index < -0.39 is 6.04 Å². The minimum Gasteiger partial charge on any atom is -0.495 e. The van der Waals surface area contributed by atoms with Gasteiger partial charge in [0, 0.05) is 17.8 Å². The van der Waals surface area contributed by atoms with E-state index in [0.29, 0.717) is 11.4 Å². The molecule has 0 radical (unpaired) electrons. The van der Waals surface area contributed by atoms with Crippen molar-refractivity contribution in [3.8, 4) is 22.7 Å². The number of carbonyl (C=O) groups is 1. The standard InChI is InChI=1S/C22H28N6O2/c1-15-12-27(14-23-15)20-10-9-17(11-21(20)30-3)19-13-28(26-25-19)16(2)22(29)24-18-7-5-4-6-8-18/h9-14,16,18H,4-8H2,1-3H3,(H,24,29). The molecule has 1 aliphatic rings. The molecule has 2 heterocycles. The highest BCUT2D eigenvalue weighted by Gasteiger charge is 2.22. The molecule has 1 N–H and O–H groups in total. The van der Waals surface area contributed by atoms with E-state index in [1.165, 1.54) is 19.3 Å². The lowest BCUT2D eigenvalue weighted by atomic mass is 9.95. The molecule has 1 aromatic carbocycles. The quantitative estimate of drug-likeness (QED) is 0.675. The summed E-state index contributed by atoms with van der Waals surface area (Å²) in [4.78, 5) is 16.9. The molecule has 8 heteroatoms. The third kappa shape index (κ3) is 4.22. The third-order valence-corrected chi connectivity index (χ3v) is 5.70. The summed E-state index contributed by atoms with van der Waals surface area (Å²) >= 11 is 0. The predicted octanol–water partition coefficient (Wildman–Crippen LogP) is 3.46. The fraction of sp³-hybridized carbons (Fsp3) is 0.455. The van der Waals surface area contributed by atoms with Crippen LogP contribution in [-0.4, -0.2) is 43.6 Å². The number of imidazole rings is 1. The number of hydrogen-bond donors (Lipinski definition) is 1. The van der Waals surface area contributed by atoms with Gasteiger partial charge >= 0.3 is 0 Å². The zero-order chi connectivity index (χ0) is 21.1. The molecule has 158 valence electrons. The number of aromatic nitrogens is 5.